The minimum absolute atomic E-state index is 0.222. The van der Waals surface area contributed by atoms with Gasteiger partial charge in [-0.1, -0.05) is 23.7 Å². The fourth-order valence-electron chi connectivity index (χ4n) is 2.95. The molecule has 0 aromatic heterocycles. The first kappa shape index (κ1) is 18.6. The number of rotatable bonds is 5. The number of hydrogen-bond acceptors (Lipinski definition) is 2. The molecule has 1 aromatic rings. The van der Waals surface area contributed by atoms with Crippen LogP contribution in [0, 0.1) is 0 Å². The summed E-state index contributed by atoms with van der Waals surface area (Å²) in [6.45, 7) is 4.24. The van der Waals surface area contributed by atoms with E-state index in [4.69, 9.17) is 11.6 Å². The SMILES string of the molecule is CN=C(NCCC(=O)N1CCCCC1C)NCc1cccc(Cl)c1. The van der Waals surface area contributed by atoms with Gasteiger partial charge in [-0.15, -0.1) is 0 Å². The molecule has 24 heavy (non-hydrogen) atoms. The van der Waals surface area contributed by atoms with Gasteiger partial charge in [-0.25, -0.2) is 0 Å². The summed E-state index contributed by atoms with van der Waals surface area (Å²) in [5, 5.41) is 7.15. The first-order chi connectivity index (χ1) is 11.6. The average Bonchev–Trinajstić information content (AvgIpc) is 2.58. The van der Waals surface area contributed by atoms with Crippen molar-refractivity contribution in [1.29, 1.82) is 0 Å². The lowest BCUT2D eigenvalue weighted by Crippen LogP contribution is -2.44. The second kappa shape index (κ2) is 9.52. The third-order valence-electron chi connectivity index (χ3n) is 4.33. The van der Waals surface area contributed by atoms with E-state index < -0.39 is 0 Å². The van der Waals surface area contributed by atoms with Gasteiger partial charge < -0.3 is 15.5 Å². The molecule has 1 saturated heterocycles. The van der Waals surface area contributed by atoms with Gasteiger partial charge in [0.2, 0.25) is 5.91 Å². The number of hydrogen-bond donors (Lipinski definition) is 2. The number of carbonyl (C=O) groups is 1. The molecule has 1 fully saturated rings. The molecular weight excluding hydrogens is 324 g/mol. The Bertz CT molecular complexity index is 576. The van der Waals surface area contributed by atoms with Crippen LogP contribution < -0.4 is 10.6 Å². The fourth-order valence-corrected chi connectivity index (χ4v) is 3.17. The van der Waals surface area contributed by atoms with Crippen LogP contribution in [-0.4, -0.2) is 42.9 Å². The first-order valence-electron chi connectivity index (χ1n) is 8.58. The van der Waals surface area contributed by atoms with E-state index in [-0.39, 0.29) is 5.91 Å². The van der Waals surface area contributed by atoms with Crippen molar-refractivity contribution in [2.45, 2.75) is 45.2 Å². The lowest BCUT2D eigenvalue weighted by atomic mass is 10.0. The standard InChI is InChI=1S/C18H27ClN4O/c1-14-6-3-4-11-23(14)17(24)9-10-21-18(20-2)22-13-15-7-5-8-16(19)12-15/h5,7-8,12,14H,3-4,6,9-11,13H2,1-2H3,(H2,20,21,22). The van der Waals surface area contributed by atoms with E-state index in [2.05, 4.69) is 22.5 Å². The number of likely N-dealkylation sites (tertiary alicyclic amines) is 1. The van der Waals surface area contributed by atoms with Crippen LogP contribution in [0.4, 0.5) is 0 Å². The van der Waals surface area contributed by atoms with Gasteiger partial charge in [0.1, 0.15) is 0 Å². The Morgan fingerprint density at radius 3 is 2.92 bits per heavy atom. The number of nitrogens with one attached hydrogen (secondary N) is 2. The minimum atomic E-state index is 0.222. The maximum absolute atomic E-state index is 12.3. The predicted molar refractivity (Wildman–Crippen MR) is 99.3 cm³/mol. The number of halogens is 1. The molecule has 0 bridgehead atoms. The molecule has 1 atom stereocenters. The Balaban J connectivity index is 1.72. The van der Waals surface area contributed by atoms with Crippen LogP contribution in [0.15, 0.2) is 29.3 Å². The number of piperidine rings is 1. The van der Waals surface area contributed by atoms with Crippen molar-refractivity contribution in [3.8, 4) is 0 Å². The molecule has 1 aromatic carbocycles. The van der Waals surface area contributed by atoms with Crippen molar-refractivity contribution >= 4 is 23.5 Å². The molecule has 1 unspecified atom stereocenters. The quantitative estimate of drug-likeness (QED) is 0.634. The predicted octanol–water partition coefficient (Wildman–Crippen LogP) is 2.80. The Labute approximate surface area is 149 Å². The summed E-state index contributed by atoms with van der Waals surface area (Å²) in [6, 6.07) is 8.07. The van der Waals surface area contributed by atoms with Crippen LogP contribution in [0.1, 0.15) is 38.2 Å². The number of guanidine groups is 1. The summed E-state index contributed by atoms with van der Waals surface area (Å²) in [5.74, 6) is 0.912. The van der Waals surface area contributed by atoms with E-state index in [9.17, 15) is 4.79 Å². The van der Waals surface area contributed by atoms with Gasteiger partial charge in [-0.3, -0.25) is 9.79 Å². The lowest BCUT2D eigenvalue weighted by Gasteiger charge is -2.33. The zero-order valence-electron chi connectivity index (χ0n) is 14.5. The van der Waals surface area contributed by atoms with Crippen LogP contribution in [0.3, 0.4) is 0 Å². The van der Waals surface area contributed by atoms with Crippen molar-refractivity contribution in [3.05, 3.63) is 34.9 Å². The van der Waals surface area contributed by atoms with Gasteiger partial charge in [0.25, 0.3) is 0 Å². The van der Waals surface area contributed by atoms with Gasteiger partial charge in [0.05, 0.1) is 0 Å². The minimum Gasteiger partial charge on any atom is -0.356 e. The molecule has 0 aliphatic carbocycles. The van der Waals surface area contributed by atoms with E-state index in [1.54, 1.807) is 7.05 Å². The summed E-state index contributed by atoms with van der Waals surface area (Å²) in [4.78, 5) is 18.5. The van der Waals surface area contributed by atoms with Crippen molar-refractivity contribution in [1.82, 2.24) is 15.5 Å². The van der Waals surface area contributed by atoms with Crippen LogP contribution in [0.25, 0.3) is 0 Å². The molecule has 0 spiro atoms. The molecule has 2 N–H and O–H groups in total. The smallest absolute Gasteiger partial charge is 0.224 e. The maximum Gasteiger partial charge on any atom is 0.224 e. The molecule has 132 valence electrons. The summed E-state index contributed by atoms with van der Waals surface area (Å²) < 4.78 is 0. The lowest BCUT2D eigenvalue weighted by molar-refractivity contribution is -0.134. The number of amides is 1. The van der Waals surface area contributed by atoms with Crippen molar-refractivity contribution in [2.24, 2.45) is 4.99 Å². The van der Waals surface area contributed by atoms with Crippen LogP contribution in [-0.2, 0) is 11.3 Å². The molecule has 1 heterocycles. The Hall–Kier alpha value is -1.75. The molecule has 2 rings (SSSR count). The Morgan fingerprint density at radius 2 is 2.21 bits per heavy atom. The molecule has 1 aliphatic rings. The number of aliphatic imine (C=N–C) groups is 1. The maximum atomic E-state index is 12.3. The third-order valence-corrected chi connectivity index (χ3v) is 4.56. The van der Waals surface area contributed by atoms with Crippen molar-refractivity contribution in [3.63, 3.8) is 0 Å². The summed E-state index contributed by atoms with van der Waals surface area (Å²) in [5.41, 5.74) is 1.09. The van der Waals surface area contributed by atoms with E-state index in [1.807, 2.05) is 29.2 Å². The largest absolute Gasteiger partial charge is 0.356 e. The van der Waals surface area contributed by atoms with Gasteiger partial charge >= 0.3 is 0 Å². The Kier molecular flexibility index (Phi) is 7.37. The molecular formula is C18H27ClN4O. The third kappa shape index (κ3) is 5.71. The van der Waals surface area contributed by atoms with Crippen molar-refractivity contribution < 1.29 is 4.79 Å². The van der Waals surface area contributed by atoms with Gasteiger partial charge in [-0.2, -0.15) is 0 Å². The number of benzene rings is 1. The van der Waals surface area contributed by atoms with E-state index in [0.717, 1.165) is 30.0 Å². The average molecular weight is 351 g/mol. The molecule has 0 radical (unpaired) electrons. The van der Waals surface area contributed by atoms with Gasteiger partial charge in [-0.05, 0) is 43.9 Å². The summed E-state index contributed by atoms with van der Waals surface area (Å²) in [6.07, 6.45) is 3.94. The highest BCUT2D eigenvalue weighted by atomic mass is 35.5. The van der Waals surface area contributed by atoms with Crippen LogP contribution in [0.5, 0.6) is 0 Å². The van der Waals surface area contributed by atoms with Crippen LogP contribution in [0.2, 0.25) is 5.02 Å². The molecule has 5 nitrogen and oxygen atoms in total. The highest BCUT2D eigenvalue weighted by Crippen LogP contribution is 2.17. The normalized spacial score (nSPS) is 18.4. The Morgan fingerprint density at radius 1 is 1.38 bits per heavy atom. The van der Waals surface area contributed by atoms with Crippen LogP contribution >= 0.6 is 11.6 Å². The zero-order valence-corrected chi connectivity index (χ0v) is 15.3. The van der Waals surface area contributed by atoms with E-state index in [0.29, 0.717) is 31.5 Å². The van der Waals surface area contributed by atoms with Crippen molar-refractivity contribution in [2.75, 3.05) is 20.1 Å². The highest BCUT2D eigenvalue weighted by molar-refractivity contribution is 6.30. The number of nitrogens with zero attached hydrogens (tertiary/aromatic N) is 2. The molecule has 1 amide bonds. The second-order valence-corrected chi connectivity index (χ2v) is 6.60. The highest BCUT2D eigenvalue weighted by Gasteiger charge is 2.22. The first-order valence-corrected chi connectivity index (χ1v) is 8.96. The molecule has 1 aliphatic heterocycles. The van der Waals surface area contributed by atoms with Gasteiger partial charge in [0.15, 0.2) is 5.96 Å². The summed E-state index contributed by atoms with van der Waals surface area (Å²) in [7, 11) is 1.72. The molecule has 0 saturated carbocycles. The topological polar surface area (TPSA) is 56.7 Å². The number of carbonyl (C=O) groups excluding carboxylic acids is 1. The van der Waals surface area contributed by atoms with Gasteiger partial charge in [0, 0.05) is 44.2 Å². The fraction of sp³-hybridized carbons (Fsp3) is 0.556. The van der Waals surface area contributed by atoms with E-state index >= 15 is 0 Å². The zero-order chi connectivity index (χ0) is 17.4. The van der Waals surface area contributed by atoms with E-state index in [1.165, 1.54) is 6.42 Å². The monoisotopic (exact) mass is 350 g/mol. The summed E-state index contributed by atoms with van der Waals surface area (Å²) >= 11 is 5.98. The second-order valence-electron chi connectivity index (χ2n) is 6.16. The molecule has 6 heteroatoms.